The van der Waals surface area contributed by atoms with Crippen molar-refractivity contribution in [3.8, 4) is 0 Å². The van der Waals surface area contributed by atoms with E-state index in [-0.39, 0.29) is 62.7 Å². The number of allylic oxidation sites excluding steroid dienone is 2. The SMILES string of the molecule is CC(C)[C@H](N)C(=O)OCC=CC(=O)[C@@H]1Cc2ccccc2[C@H]1NC(=O)[C@H](OCc1ccccc1)[C@H](O)[C@@H](O)[C@@H](OCc1ccccc1)C(=O)N[C@@H]1c2ccccc2C[C@H]1C(=O)C=CCOC(=O)[C@@H](N)C(C)C. The molecule has 0 radical (unpaired) electrons. The molecule has 6 rings (SSSR count). The molecule has 8 N–H and O–H groups in total. The average Bonchev–Trinajstić information content (AvgIpc) is 3.94. The normalized spacial score (nSPS) is 19.8. The van der Waals surface area contributed by atoms with E-state index in [4.69, 9.17) is 30.4 Å². The Labute approximate surface area is 420 Å². The number of nitrogens with one attached hydrogen (secondary N) is 2. The Kier molecular flexibility index (Phi) is 19.9. The van der Waals surface area contributed by atoms with Gasteiger partial charge in [0, 0.05) is 0 Å². The fourth-order valence-electron chi connectivity index (χ4n) is 8.66. The number of carbonyl (C=O) groups is 6. The van der Waals surface area contributed by atoms with Crippen molar-refractivity contribution in [1.29, 1.82) is 0 Å². The molecule has 2 aliphatic rings. The highest BCUT2D eigenvalue weighted by atomic mass is 16.5. The lowest BCUT2D eigenvalue weighted by atomic mass is 9.93. The second-order valence-electron chi connectivity index (χ2n) is 18.8. The number of fused-ring (bicyclic) bond motifs is 2. The lowest BCUT2D eigenvalue weighted by Crippen LogP contribution is -2.57. The summed E-state index contributed by atoms with van der Waals surface area (Å²) < 4.78 is 22.8. The molecule has 72 heavy (non-hydrogen) atoms. The molecular weight excluding hydrogens is 921 g/mol. The zero-order valence-corrected chi connectivity index (χ0v) is 41.0. The molecule has 0 fully saturated rings. The first-order chi connectivity index (χ1) is 34.5. The Balaban J connectivity index is 1.25. The topological polar surface area (TPSA) is 256 Å². The van der Waals surface area contributed by atoms with Gasteiger partial charge in [-0.05, 0) is 82.4 Å². The summed E-state index contributed by atoms with van der Waals surface area (Å²) in [6.07, 6.45) is -2.00. The van der Waals surface area contributed by atoms with Gasteiger partial charge in [0.05, 0.1) is 37.1 Å². The fraction of sp³-hybridized carbons (Fsp3) is 0.393. The summed E-state index contributed by atoms with van der Waals surface area (Å²) in [5.41, 5.74) is 16.0. The van der Waals surface area contributed by atoms with Gasteiger partial charge in [0.25, 0.3) is 11.8 Å². The fourth-order valence-corrected chi connectivity index (χ4v) is 8.66. The molecule has 4 aromatic rings. The summed E-state index contributed by atoms with van der Waals surface area (Å²) >= 11 is 0. The second kappa shape index (κ2) is 26.2. The van der Waals surface area contributed by atoms with Gasteiger partial charge in [-0.2, -0.15) is 0 Å². The lowest BCUT2D eigenvalue weighted by Gasteiger charge is -2.33. The molecule has 382 valence electrons. The van der Waals surface area contributed by atoms with Gasteiger partial charge in [0.2, 0.25) is 0 Å². The number of ether oxygens (including phenoxy) is 4. The minimum absolute atomic E-state index is 0.148. The van der Waals surface area contributed by atoms with E-state index in [0.29, 0.717) is 22.3 Å². The van der Waals surface area contributed by atoms with Crippen LogP contribution in [0, 0.1) is 23.7 Å². The van der Waals surface area contributed by atoms with E-state index < -0.39 is 84.2 Å². The van der Waals surface area contributed by atoms with Crippen LogP contribution < -0.4 is 22.1 Å². The number of hydrogen-bond donors (Lipinski definition) is 6. The van der Waals surface area contributed by atoms with Crippen LogP contribution in [-0.2, 0) is 73.8 Å². The highest BCUT2D eigenvalue weighted by molar-refractivity contribution is 5.95. The second-order valence-corrected chi connectivity index (χ2v) is 18.8. The van der Waals surface area contributed by atoms with Crippen LogP contribution in [0.1, 0.15) is 73.2 Å². The van der Waals surface area contributed by atoms with E-state index in [0.717, 1.165) is 11.1 Å². The van der Waals surface area contributed by atoms with E-state index >= 15 is 0 Å². The van der Waals surface area contributed by atoms with Crippen LogP contribution >= 0.6 is 0 Å². The van der Waals surface area contributed by atoms with E-state index in [1.807, 2.05) is 24.3 Å². The molecule has 10 atom stereocenters. The van der Waals surface area contributed by atoms with Gasteiger partial charge >= 0.3 is 11.9 Å². The summed E-state index contributed by atoms with van der Waals surface area (Å²) in [6, 6.07) is 28.6. The molecule has 0 bridgehead atoms. The van der Waals surface area contributed by atoms with Crippen molar-refractivity contribution in [1.82, 2.24) is 10.6 Å². The molecule has 16 nitrogen and oxygen atoms in total. The molecule has 0 unspecified atom stereocenters. The molecule has 0 aliphatic heterocycles. The van der Waals surface area contributed by atoms with E-state index in [9.17, 15) is 39.0 Å². The van der Waals surface area contributed by atoms with E-state index in [1.165, 1.54) is 24.3 Å². The van der Waals surface area contributed by atoms with Crippen molar-refractivity contribution in [2.75, 3.05) is 13.2 Å². The van der Waals surface area contributed by atoms with Crippen LogP contribution in [0.15, 0.2) is 133 Å². The number of amides is 2. The van der Waals surface area contributed by atoms with Crippen molar-refractivity contribution >= 4 is 35.3 Å². The van der Waals surface area contributed by atoms with Crippen LogP contribution in [0.4, 0.5) is 0 Å². The van der Waals surface area contributed by atoms with Crippen LogP contribution in [-0.4, -0.2) is 95.2 Å². The largest absolute Gasteiger partial charge is 0.460 e. The Hall–Kier alpha value is -6.66. The first-order valence-electron chi connectivity index (χ1n) is 24.2. The number of hydrogen-bond acceptors (Lipinski definition) is 14. The number of aliphatic hydroxyl groups is 2. The maximum absolute atomic E-state index is 14.7. The highest BCUT2D eigenvalue weighted by Crippen LogP contribution is 2.39. The quantitative estimate of drug-likeness (QED) is 0.0401. The predicted octanol–water partition coefficient (Wildman–Crippen LogP) is 4.24. The Morgan fingerprint density at radius 3 is 1.26 bits per heavy atom. The molecule has 0 heterocycles. The lowest BCUT2D eigenvalue weighted by molar-refractivity contribution is -0.171. The smallest absolute Gasteiger partial charge is 0.323 e. The van der Waals surface area contributed by atoms with Crippen molar-refractivity contribution in [3.05, 3.63) is 167 Å². The van der Waals surface area contributed by atoms with Crippen LogP contribution in [0.5, 0.6) is 0 Å². The molecule has 0 spiro atoms. The van der Waals surface area contributed by atoms with Crippen molar-refractivity contribution in [3.63, 3.8) is 0 Å². The summed E-state index contributed by atoms with van der Waals surface area (Å²) in [6.45, 7) is 6.36. The van der Waals surface area contributed by atoms with Gasteiger partial charge in [-0.3, -0.25) is 28.8 Å². The van der Waals surface area contributed by atoms with Gasteiger partial charge in [0.1, 0.15) is 37.5 Å². The van der Waals surface area contributed by atoms with Gasteiger partial charge in [0.15, 0.2) is 23.8 Å². The van der Waals surface area contributed by atoms with Gasteiger partial charge in [-0.15, -0.1) is 0 Å². The summed E-state index contributed by atoms with van der Waals surface area (Å²) in [4.78, 5) is 81.7. The Morgan fingerprint density at radius 2 is 0.903 bits per heavy atom. The number of ketones is 2. The molecular formula is C56H66N4O12. The molecule has 2 amide bonds. The minimum Gasteiger partial charge on any atom is -0.460 e. The average molecular weight is 987 g/mol. The monoisotopic (exact) mass is 986 g/mol. The van der Waals surface area contributed by atoms with Gasteiger partial charge < -0.3 is 51.3 Å². The molecule has 2 aliphatic carbocycles. The molecule has 0 aromatic heterocycles. The maximum Gasteiger partial charge on any atom is 0.323 e. The number of carbonyl (C=O) groups excluding carboxylic acids is 6. The van der Waals surface area contributed by atoms with Crippen LogP contribution in [0.25, 0.3) is 0 Å². The van der Waals surface area contributed by atoms with Crippen LogP contribution in [0.2, 0.25) is 0 Å². The zero-order valence-electron chi connectivity index (χ0n) is 41.0. The predicted molar refractivity (Wildman–Crippen MR) is 267 cm³/mol. The first-order valence-corrected chi connectivity index (χ1v) is 24.2. The van der Waals surface area contributed by atoms with Crippen LogP contribution in [0.3, 0.4) is 0 Å². The van der Waals surface area contributed by atoms with E-state index in [1.54, 1.807) is 113 Å². The number of nitrogens with two attached hydrogens (primary N) is 2. The van der Waals surface area contributed by atoms with E-state index in [2.05, 4.69) is 10.6 Å². The summed E-state index contributed by atoms with van der Waals surface area (Å²) in [7, 11) is 0. The first kappa shape index (κ1) is 54.7. The maximum atomic E-state index is 14.7. The van der Waals surface area contributed by atoms with Crippen molar-refractivity contribution < 1.29 is 57.9 Å². The molecule has 4 aromatic carbocycles. The third-order valence-corrected chi connectivity index (χ3v) is 13.0. The highest BCUT2D eigenvalue weighted by Gasteiger charge is 2.45. The standard InChI is InChI=1S/C56H66N4O12/c1-33(2)45(57)55(67)69-27-15-25-43(61)41-29-37-21-11-13-23-39(37)47(41)59-53(65)51(71-31-35-17-7-5-8-18-35)49(63)50(64)52(72-32-36-19-9-6-10-20-36)54(66)60-48-40-24-14-12-22-38(40)30-42(48)44(62)26-16-28-70-56(68)46(58)34(3)4/h5-26,33-34,41-42,45-52,63-64H,27-32,57-58H2,1-4H3,(H,59,65)(H,60,66)/t41-,42-,45-,46-,47+,48+,49+,50+,51+,52+/m0/s1. The Bertz CT molecular complexity index is 2380. The number of esters is 2. The molecule has 16 heteroatoms. The molecule has 0 saturated heterocycles. The molecule has 0 saturated carbocycles. The number of aliphatic hydroxyl groups excluding tert-OH is 2. The van der Waals surface area contributed by atoms with Crippen molar-refractivity contribution in [2.24, 2.45) is 35.1 Å². The Morgan fingerprint density at radius 1 is 0.556 bits per heavy atom. The third-order valence-electron chi connectivity index (χ3n) is 13.0. The van der Waals surface area contributed by atoms with Gasteiger partial charge in [-0.25, -0.2) is 0 Å². The number of rotatable bonds is 25. The zero-order chi connectivity index (χ0) is 51.9. The van der Waals surface area contributed by atoms with Crippen molar-refractivity contribution in [2.45, 2.75) is 102 Å². The number of benzene rings is 4. The summed E-state index contributed by atoms with van der Waals surface area (Å²) in [5, 5.41) is 30.2. The summed E-state index contributed by atoms with van der Waals surface area (Å²) in [5.74, 6) is -5.67. The minimum atomic E-state index is -2.11. The van der Waals surface area contributed by atoms with Gasteiger partial charge in [-0.1, -0.05) is 137 Å². The third kappa shape index (κ3) is 14.3.